The first-order chi connectivity index (χ1) is 9.36. The van der Waals surface area contributed by atoms with Crippen molar-refractivity contribution < 1.29 is 9.59 Å². The summed E-state index contributed by atoms with van der Waals surface area (Å²) in [6.07, 6.45) is 0.627. The number of nitrogens with zero attached hydrogens (tertiary/aromatic N) is 1. The summed E-state index contributed by atoms with van der Waals surface area (Å²) in [6, 6.07) is 1.25. The Balaban J connectivity index is 2.35. The second-order valence-electron chi connectivity index (χ2n) is 5.44. The Morgan fingerprint density at radius 3 is 2.55 bits per heavy atom. The molecule has 3 atom stereocenters. The van der Waals surface area contributed by atoms with Crippen LogP contribution in [0, 0.1) is 13.8 Å². The lowest BCUT2D eigenvalue weighted by atomic mass is 10.00. The first kappa shape index (κ1) is 15.0. The number of amides is 2. The number of aryl methyl sites for hydroxylation is 2. The summed E-state index contributed by atoms with van der Waals surface area (Å²) in [5, 5.41) is 2.79. The lowest BCUT2D eigenvalue weighted by Crippen LogP contribution is -2.62. The van der Waals surface area contributed by atoms with E-state index >= 15 is 0 Å². The van der Waals surface area contributed by atoms with Crippen LogP contribution in [0.2, 0.25) is 0 Å². The van der Waals surface area contributed by atoms with Gasteiger partial charge in [0.15, 0.2) is 0 Å². The monoisotopic (exact) mass is 294 g/mol. The van der Waals surface area contributed by atoms with E-state index in [1.165, 1.54) is 9.75 Å². The third kappa shape index (κ3) is 2.46. The average molecular weight is 294 g/mol. The molecule has 110 valence electrons. The van der Waals surface area contributed by atoms with Crippen molar-refractivity contribution in [1.82, 2.24) is 10.2 Å². The number of carbonyl (C=O) groups is 2. The minimum atomic E-state index is -0.417. The molecule has 0 saturated carbocycles. The SMILES string of the molecule is CCC1NC(=O)C(C)N(C(C)c2cc(C)sc2C)C1=O. The number of thiophene rings is 1. The van der Waals surface area contributed by atoms with Gasteiger partial charge >= 0.3 is 0 Å². The van der Waals surface area contributed by atoms with Gasteiger partial charge in [0, 0.05) is 9.75 Å². The molecular formula is C15H22N2O2S. The molecular weight excluding hydrogens is 272 g/mol. The Kier molecular flexibility index (Phi) is 4.18. The molecule has 0 aliphatic carbocycles. The van der Waals surface area contributed by atoms with Gasteiger partial charge in [-0.1, -0.05) is 6.92 Å². The first-order valence-corrected chi connectivity index (χ1v) is 7.88. The van der Waals surface area contributed by atoms with Crippen molar-refractivity contribution in [3.05, 3.63) is 21.4 Å². The molecule has 1 saturated heterocycles. The molecule has 1 aliphatic heterocycles. The maximum Gasteiger partial charge on any atom is 0.246 e. The van der Waals surface area contributed by atoms with Crippen LogP contribution in [0.15, 0.2) is 6.07 Å². The lowest BCUT2D eigenvalue weighted by molar-refractivity contribution is -0.151. The maximum atomic E-state index is 12.6. The average Bonchev–Trinajstić information content (AvgIpc) is 2.73. The standard InChI is InChI=1S/C15H22N2O2S/c1-6-13-15(19)17(10(4)14(18)16-13)9(3)12-7-8(2)20-11(12)5/h7,9-10,13H,6H2,1-5H3,(H,16,18). The van der Waals surface area contributed by atoms with Gasteiger partial charge in [-0.3, -0.25) is 9.59 Å². The number of rotatable bonds is 3. The summed E-state index contributed by atoms with van der Waals surface area (Å²) in [5.74, 6) is -0.0387. The molecule has 1 aromatic heterocycles. The second-order valence-corrected chi connectivity index (χ2v) is 6.90. The van der Waals surface area contributed by atoms with Crippen molar-refractivity contribution >= 4 is 23.2 Å². The van der Waals surface area contributed by atoms with Gasteiger partial charge in [0.05, 0.1) is 6.04 Å². The quantitative estimate of drug-likeness (QED) is 0.931. The molecule has 4 nitrogen and oxygen atoms in total. The van der Waals surface area contributed by atoms with Crippen molar-refractivity contribution in [2.24, 2.45) is 0 Å². The summed E-state index contributed by atoms with van der Waals surface area (Å²) >= 11 is 1.73. The van der Waals surface area contributed by atoms with Crippen molar-refractivity contribution in [2.75, 3.05) is 0 Å². The highest BCUT2D eigenvalue weighted by Crippen LogP contribution is 2.32. The smallest absolute Gasteiger partial charge is 0.246 e. The van der Waals surface area contributed by atoms with E-state index in [-0.39, 0.29) is 23.9 Å². The van der Waals surface area contributed by atoms with E-state index in [1.807, 2.05) is 13.8 Å². The van der Waals surface area contributed by atoms with Gasteiger partial charge in [-0.05, 0) is 45.7 Å². The third-order valence-electron chi connectivity index (χ3n) is 4.02. The van der Waals surface area contributed by atoms with Gasteiger partial charge in [-0.15, -0.1) is 11.3 Å². The molecule has 3 unspecified atom stereocenters. The topological polar surface area (TPSA) is 49.4 Å². The van der Waals surface area contributed by atoms with Gasteiger partial charge in [-0.25, -0.2) is 0 Å². The van der Waals surface area contributed by atoms with Crippen LogP contribution in [-0.2, 0) is 9.59 Å². The minimum Gasteiger partial charge on any atom is -0.343 e. The zero-order valence-corrected chi connectivity index (χ0v) is 13.5. The molecule has 2 amide bonds. The molecule has 0 radical (unpaired) electrons. The Morgan fingerprint density at radius 1 is 1.40 bits per heavy atom. The van der Waals surface area contributed by atoms with Crippen LogP contribution in [0.25, 0.3) is 0 Å². The number of hydrogen-bond donors (Lipinski definition) is 1. The zero-order chi connectivity index (χ0) is 15.0. The highest BCUT2D eigenvalue weighted by atomic mass is 32.1. The molecule has 2 rings (SSSR count). The van der Waals surface area contributed by atoms with Gasteiger partial charge < -0.3 is 10.2 Å². The van der Waals surface area contributed by atoms with Gasteiger partial charge in [-0.2, -0.15) is 0 Å². The fourth-order valence-corrected chi connectivity index (χ4v) is 3.89. The Morgan fingerprint density at radius 2 is 2.05 bits per heavy atom. The lowest BCUT2D eigenvalue weighted by Gasteiger charge is -2.41. The summed E-state index contributed by atoms with van der Waals surface area (Å²) in [5.41, 5.74) is 1.15. The summed E-state index contributed by atoms with van der Waals surface area (Å²) < 4.78 is 0. The molecule has 20 heavy (non-hydrogen) atoms. The van der Waals surface area contributed by atoms with E-state index in [4.69, 9.17) is 0 Å². The van der Waals surface area contributed by atoms with E-state index in [2.05, 4.69) is 25.2 Å². The third-order valence-corrected chi connectivity index (χ3v) is 5.00. The van der Waals surface area contributed by atoms with Gasteiger partial charge in [0.25, 0.3) is 0 Å². The van der Waals surface area contributed by atoms with Crippen molar-refractivity contribution in [2.45, 2.75) is 59.2 Å². The zero-order valence-electron chi connectivity index (χ0n) is 12.7. The van der Waals surface area contributed by atoms with E-state index in [9.17, 15) is 9.59 Å². The molecule has 5 heteroatoms. The Hall–Kier alpha value is -1.36. The number of piperazine rings is 1. The summed E-state index contributed by atoms with van der Waals surface area (Å²) in [7, 11) is 0. The van der Waals surface area contributed by atoms with E-state index in [0.717, 1.165) is 5.56 Å². The van der Waals surface area contributed by atoms with Gasteiger partial charge in [0.1, 0.15) is 12.1 Å². The molecule has 0 spiro atoms. The minimum absolute atomic E-state index is 0.0235. The van der Waals surface area contributed by atoms with Gasteiger partial charge in [0.2, 0.25) is 11.8 Å². The van der Waals surface area contributed by atoms with Crippen LogP contribution in [-0.4, -0.2) is 28.8 Å². The predicted molar refractivity (Wildman–Crippen MR) is 80.7 cm³/mol. The van der Waals surface area contributed by atoms with E-state index in [1.54, 1.807) is 23.2 Å². The van der Waals surface area contributed by atoms with Crippen LogP contribution in [0.5, 0.6) is 0 Å². The fourth-order valence-electron chi connectivity index (χ4n) is 2.87. The molecule has 1 fully saturated rings. The Bertz CT molecular complexity index is 538. The highest BCUT2D eigenvalue weighted by Gasteiger charge is 2.40. The maximum absolute atomic E-state index is 12.6. The molecule has 1 aromatic rings. The fraction of sp³-hybridized carbons (Fsp3) is 0.600. The van der Waals surface area contributed by atoms with Crippen LogP contribution in [0.1, 0.15) is 48.6 Å². The number of carbonyl (C=O) groups excluding carboxylic acids is 2. The van der Waals surface area contributed by atoms with Crippen molar-refractivity contribution in [3.63, 3.8) is 0 Å². The molecule has 0 bridgehead atoms. The van der Waals surface area contributed by atoms with Crippen LogP contribution < -0.4 is 5.32 Å². The second kappa shape index (κ2) is 5.56. The highest BCUT2D eigenvalue weighted by molar-refractivity contribution is 7.12. The molecule has 1 N–H and O–H groups in total. The predicted octanol–water partition coefficient (Wildman–Crippen LogP) is 2.55. The normalized spacial score (nSPS) is 24.8. The molecule has 2 heterocycles. The molecule has 0 aromatic carbocycles. The van der Waals surface area contributed by atoms with Crippen molar-refractivity contribution in [3.8, 4) is 0 Å². The van der Waals surface area contributed by atoms with Crippen LogP contribution in [0.4, 0.5) is 0 Å². The number of nitrogens with one attached hydrogen (secondary N) is 1. The first-order valence-electron chi connectivity index (χ1n) is 7.06. The Labute approximate surface area is 124 Å². The summed E-state index contributed by atoms with van der Waals surface area (Å²) in [6.45, 7) is 9.86. The largest absolute Gasteiger partial charge is 0.343 e. The van der Waals surface area contributed by atoms with E-state index in [0.29, 0.717) is 6.42 Å². The van der Waals surface area contributed by atoms with Crippen molar-refractivity contribution in [1.29, 1.82) is 0 Å². The van der Waals surface area contributed by atoms with E-state index < -0.39 is 6.04 Å². The van der Waals surface area contributed by atoms with Crippen LogP contribution in [0.3, 0.4) is 0 Å². The molecule has 1 aliphatic rings. The summed E-state index contributed by atoms with van der Waals surface area (Å²) in [4.78, 5) is 28.8. The van der Waals surface area contributed by atoms with Crippen LogP contribution >= 0.6 is 11.3 Å². The number of hydrogen-bond acceptors (Lipinski definition) is 3.